The Morgan fingerprint density at radius 2 is 2.10 bits per heavy atom. The van der Waals surface area contributed by atoms with Gasteiger partial charge in [0.1, 0.15) is 11.6 Å². The van der Waals surface area contributed by atoms with E-state index >= 15 is 0 Å². The van der Waals surface area contributed by atoms with Crippen molar-refractivity contribution in [1.29, 1.82) is 0 Å². The van der Waals surface area contributed by atoms with Crippen LogP contribution < -0.4 is 15.8 Å². The van der Waals surface area contributed by atoms with Crippen molar-refractivity contribution >= 4 is 22.6 Å². The van der Waals surface area contributed by atoms with Gasteiger partial charge >= 0.3 is 0 Å². The van der Waals surface area contributed by atoms with Gasteiger partial charge in [-0.25, -0.2) is 4.98 Å². The highest BCUT2D eigenvalue weighted by molar-refractivity contribution is 6.07. The molecule has 1 fully saturated rings. The minimum Gasteiger partial charge on any atom is -0.496 e. The molecule has 30 heavy (non-hydrogen) atoms. The number of carbonyl (C=O) groups is 1. The van der Waals surface area contributed by atoms with Crippen LogP contribution in [0.2, 0.25) is 0 Å². The maximum atomic E-state index is 13.2. The zero-order valence-corrected chi connectivity index (χ0v) is 17.9. The van der Waals surface area contributed by atoms with Crippen molar-refractivity contribution < 1.29 is 14.3 Å². The van der Waals surface area contributed by atoms with E-state index in [9.17, 15) is 4.79 Å². The van der Waals surface area contributed by atoms with Gasteiger partial charge < -0.3 is 25.1 Å². The molecule has 0 radical (unpaired) electrons. The summed E-state index contributed by atoms with van der Waals surface area (Å²) in [7, 11) is 3.54. The number of carbonyl (C=O) groups excluding carboxylic acids is 1. The number of nitrogens with two attached hydrogens (primary N) is 1. The molecule has 4 rings (SSSR count). The summed E-state index contributed by atoms with van der Waals surface area (Å²) in [6.45, 7) is 4.73. The number of rotatable bonds is 4. The number of fused-ring (bicyclic) bond motifs is 1. The average Bonchev–Trinajstić information content (AvgIpc) is 3.02. The van der Waals surface area contributed by atoms with Crippen molar-refractivity contribution in [2.24, 2.45) is 7.05 Å². The molecule has 0 spiro atoms. The number of para-hydroxylation sites is 1. The number of nitrogens with zero attached hydrogens (tertiary/aromatic N) is 2. The summed E-state index contributed by atoms with van der Waals surface area (Å²) in [5.74, 6) is 1.29. The molecule has 1 saturated heterocycles. The van der Waals surface area contributed by atoms with Gasteiger partial charge in [0.25, 0.3) is 5.91 Å². The molecule has 7 heteroatoms. The molecule has 158 valence electrons. The molecule has 1 aromatic heterocycles. The highest BCUT2D eigenvalue weighted by atomic mass is 16.5. The molecule has 3 aromatic rings. The lowest BCUT2D eigenvalue weighted by Crippen LogP contribution is -2.45. The largest absolute Gasteiger partial charge is 0.496 e. The highest BCUT2D eigenvalue weighted by Gasteiger charge is 2.30. The SMILES string of the molecule is COc1ccccc1-c1nc2cc(N)cc(C(=O)NC3CCOC(C)(C)C3)c2n1C. The number of benzene rings is 2. The molecule has 0 bridgehead atoms. The molecule has 1 amide bonds. The Labute approximate surface area is 176 Å². The van der Waals surface area contributed by atoms with Gasteiger partial charge in [0.05, 0.1) is 34.9 Å². The first-order valence-corrected chi connectivity index (χ1v) is 10.1. The second-order valence-electron chi connectivity index (χ2n) is 8.40. The lowest BCUT2D eigenvalue weighted by molar-refractivity contribution is -0.0615. The first kappa shape index (κ1) is 20.2. The van der Waals surface area contributed by atoms with Crippen molar-refractivity contribution in [3.8, 4) is 17.1 Å². The lowest BCUT2D eigenvalue weighted by atomic mass is 9.93. The van der Waals surface area contributed by atoms with E-state index in [2.05, 4.69) is 5.32 Å². The molecule has 0 saturated carbocycles. The zero-order valence-electron chi connectivity index (χ0n) is 17.9. The number of nitrogen functional groups attached to an aromatic ring is 1. The van der Waals surface area contributed by atoms with Crippen LogP contribution in [0.1, 0.15) is 37.0 Å². The van der Waals surface area contributed by atoms with E-state index in [0.717, 1.165) is 29.7 Å². The number of aromatic nitrogens is 2. The number of methoxy groups -OCH3 is 1. The van der Waals surface area contributed by atoms with Crippen LogP contribution >= 0.6 is 0 Å². The molecule has 0 aliphatic carbocycles. The fourth-order valence-electron chi connectivity index (χ4n) is 4.24. The number of amides is 1. The molecule has 1 aliphatic heterocycles. The second-order valence-corrected chi connectivity index (χ2v) is 8.40. The summed E-state index contributed by atoms with van der Waals surface area (Å²) >= 11 is 0. The number of anilines is 1. The first-order valence-electron chi connectivity index (χ1n) is 10.1. The van der Waals surface area contributed by atoms with Gasteiger partial charge in [0.2, 0.25) is 0 Å². The minimum atomic E-state index is -0.245. The summed E-state index contributed by atoms with van der Waals surface area (Å²) in [6, 6.07) is 11.3. The van der Waals surface area contributed by atoms with Gasteiger partial charge in [0, 0.05) is 25.4 Å². The Kier molecular flexibility index (Phi) is 5.15. The van der Waals surface area contributed by atoms with Crippen molar-refractivity contribution in [3.63, 3.8) is 0 Å². The van der Waals surface area contributed by atoms with Gasteiger partial charge in [-0.2, -0.15) is 0 Å². The zero-order chi connectivity index (χ0) is 21.5. The van der Waals surface area contributed by atoms with Crippen LogP contribution in [0.3, 0.4) is 0 Å². The summed E-state index contributed by atoms with van der Waals surface area (Å²) in [5, 5.41) is 3.17. The smallest absolute Gasteiger partial charge is 0.253 e. The van der Waals surface area contributed by atoms with Gasteiger partial charge in [0.15, 0.2) is 0 Å². The van der Waals surface area contributed by atoms with Gasteiger partial charge in [-0.15, -0.1) is 0 Å². The quantitative estimate of drug-likeness (QED) is 0.645. The van der Waals surface area contributed by atoms with E-state index in [1.54, 1.807) is 19.2 Å². The third kappa shape index (κ3) is 3.73. The maximum Gasteiger partial charge on any atom is 0.253 e. The van der Waals surface area contributed by atoms with Crippen LogP contribution in [-0.2, 0) is 11.8 Å². The number of ether oxygens (including phenoxy) is 2. The van der Waals surface area contributed by atoms with Crippen molar-refractivity contribution in [3.05, 3.63) is 42.0 Å². The molecule has 1 atom stereocenters. The van der Waals surface area contributed by atoms with E-state index in [1.807, 2.05) is 49.7 Å². The molecule has 2 heterocycles. The Balaban J connectivity index is 1.75. The van der Waals surface area contributed by atoms with Crippen LogP contribution in [0.25, 0.3) is 22.4 Å². The lowest BCUT2D eigenvalue weighted by Gasteiger charge is -2.35. The summed E-state index contributed by atoms with van der Waals surface area (Å²) < 4.78 is 13.2. The molecule has 7 nitrogen and oxygen atoms in total. The van der Waals surface area contributed by atoms with Crippen LogP contribution in [0, 0.1) is 0 Å². The highest BCUT2D eigenvalue weighted by Crippen LogP contribution is 2.33. The fourth-order valence-corrected chi connectivity index (χ4v) is 4.24. The topological polar surface area (TPSA) is 91.4 Å². The first-order chi connectivity index (χ1) is 14.3. The third-order valence-electron chi connectivity index (χ3n) is 5.62. The van der Waals surface area contributed by atoms with Crippen molar-refractivity contribution in [2.75, 3.05) is 19.5 Å². The third-order valence-corrected chi connectivity index (χ3v) is 5.62. The number of imidazole rings is 1. The Hall–Kier alpha value is -3.06. The summed E-state index contributed by atoms with van der Waals surface area (Å²) in [6.07, 6.45) is 1.56. The van der Waals surface area contributed by atoms with E-state index in [4.69, 9.17) is 20.2 Å². The molecule has 3 N–H and O–H groups in total. The monoisotopic (exact) mass is 408 g/mol. The number of nitrogens with one attached hydrogen (secondary N) is 1. The van der Waals surface area contributed by atoms with Crippen LogP contribution in [-0.4, -0.2) is 40.8 Å². The molecule has 2 aromatic carbocycles. The molecular weight excluding hydrogens is 380 g/mol. The maximum absolute atomic E-state index is 13.2. The number of hydrogen-bond acceptors (Lipinski definition) is 5. The van der Waals surface area contributed by atoms with E-state index in [-0.39, 0.29) is 17.6 Å². The predicted octanol–water partition coefficient (Wildman–Crippen LogP) is 3.52. The van der Waals surface area contributed by atoms with Gasteiger partial charge in [-0.3, -0.25) is 4.79 Å². The Morgan fingerprint density at radius 3 is 2.83 bits per heavy atom. The average molecular weight is 409 g/mol. The molecular formula is C23H28N4O3. The minimum absolute atomic E-state index is 0.0552. The number of hydrogen-bond donors (Lipinski definition) is 2. The van der Waals surface area contributed by atoms with Crippen LogP contribution in [0.15, 0.2) is 36.4 Å². The Bertz CT molecular complexity index is 1100. The van der Waals surface area contributed by atoms with Gasteiger partial charge in [-0.05, 0) is 51.0 Å². The Morgan fingerprint density at radius 1 is 1.33 bits per heavy atom. The summed E-state index contributed by atoms with van der Waals surface area (Å²) in [4.78, 5) is 18.0. The summed E-state index contributed by atoms with van der Waals surface area (Å²) in [5.41, 5.74) is 9.17. The van der Waals surface area contributed by atoms with Crippen LogP contribution in [0.4, 0.5) is 5.69 Å². The fraction of sp³-hybridized carbons (Fsp3) is 0.391. The standard InChI is InChI=1S/C23H28N4O3/c1-23(2)13-15(9-10-30-23)25-22(28)17-11-14(24)12-18-20(17)27(3)21(26-18)16-7-5-6-8-19(16)29-4/h5-8,11-12,15H,9-10,13,24H2,1-4H3,(H,25,28). The van der Waals surface area contributed by atoms with E-state index in [0.29, 0.717) is 29.2 Å². The molecule has 1 aliphatic rings. The molecule has 1 unspecified atom stereocenters. The second kappa shape index (κ2) is 7.65. The number of aryl methyl sites for hydroxylation is 1. The van der Waals surface area contributed by atoms with Gasteiger partial charge in [-0.1, -0.05) is 12.1 Å². The van der Waals surface area contributed by atoms with Crippen LogP contribution in [0.5, 0.6) is 5.75 Å². The van der Waals surface area contributed by atoms with Crippen molar-refractivity contribution in [1.82, 2.24) is 14.9 Å². The normalized spacial score (nSPS) is 18.3. The van der Waals surface area contributed by atoms with E-state index < -0.39 is 0 Å². The van der Waals surface area contributed by atoms with Crippen molar-refractivity contribution in [2.45, 2.75) is 38.3 Å². The van der Waals surface area contributed by atoms with E-state index in [1.165, 1.54) is 0 Å². The predicted molar refractivity (Wildman–Crippen MR) is 118 cm³/mol.